The predicted octanol–water partition coefficient (Wildman–Crippen LogP) is 4.15. The molecule has 0 aromatic heterocycles. The molecule has 0 radical (unpaired) electrons. The average molecular weight is 487 g/mol. The summed E-state index contributed by atoms with van der Waals surface area (Å²) in [5.74, 6) is -2.51. The Hall–Kier alpha value is -3.23. The Morgan fingerprint density at radius 2 is 1.71 bits per heavy atom. The number of esters is 3. The summed E-state index contributed by atoms with van der Waals surface area (Å²) in [5, 5.41) is 0. The van der Waals surface area contributed by atoms with E-state index in [4.69, 9.17) is 23.7 Å². The zero-order chi connectivity index (χ0) is 26.0. The molecular formula is C27H34O8. The molecular weight excluding hydrogens is 452 g/mol. The summed E-state index contributed by atoms with van der Waals surface area (Å²) in [6.07, 6.45) is 4.71. The van der Waals surface area contributed by atoms with Crippen molar-refractivity contribution < 1.29 is 38.1 Å². The average Bonchev–Trinajstić information content (AvgIpc) is 3.09. The lowest BCUT2D eigenvalue weighted by molar-refractivity contribution is -0.167. The van der Waals surface area contributed by atoms with Crippen molar-refractivity contribution in [3.05, 3.63) is 66.8 Å². The summed E-state index contributed by atoms with van der Waals surface area (Å²) in [7, 11) is 0. The van der Waals surface area contributed by atoms with Crippen molar-refractivity contribution in [2.45, 2.75) is 77.3 Å². The third-order valence-corrected chi connectivity index (χ3v) is 5.01. The van der Waals surface area contributed by atoms with E-state index in [2.05, 4.69) is 6.58 Å². The molecule has 1 saturated heterocycles. The zero-order valence-electron chi connectivity index (χ0n) is 20.8. The molecule has 0 bridgehead atoms. The zero-order valence-corrected chi connectivity index (χ0v) is 20.8. The van der Waals surface area contributed by atoms with E-state index >= 15 is 0 Å². The van der Waals surface area contributed by atoms with Gasteiger partial charge in [-0.2, -0.15) is 0 Å². The lowest BCUT2D eigenvalue weighted by Crippen LogP contribution is -2.38. The van der Waals surface area contributed by atoms with Gasteiger partial charge in [0.2, 0.25) is 0 Å². The Morgan fingerprint density at radius 3 is 2.31 bits per heavy atom. The molecule has 0 amide bonds. The van der Waals surface area contributed by atoms with Gasteiger partial charge in [0.05, 0.1) is 0 Å². The lowest BCUT2D eigenvalue weighted by Gasteiger charge is -2.25. The Morgan fingerprint density at radius 1 is 1.06 bits per heavy atom. The molecule has 1 aliphatic rings. The summed E-state index contributed by atoms with van der Waals surface area (Å²) in [4.78, 5) is 35.5. The van der Waals surface area contributed by atoms with E-state index in [1.54, 1.807) is 45.1 Å². The molecule has 1 aliphatic heterocycles. The first-order valence-corrected chi connectivity index (χ1v) is 11.4. The molecule has 1 heterocycles. The van der Waals surface area contributed by atoms with Gasteiger partial charge in [-0.3, -0.25) is 9.59 Å². The van der Waals surface area contributed by atoms with Crippen LogP contribution in [0.1, 0.15) is 46.6 Å². The topological polar surface area (TPSA) is 97.4 Å². The van der Waals surface area contributed by atoms with E-state index in [0.717, 1.165) is 5.56 Å². The fourth-order valence-electron chi connectivity index (χ4n) is 3.62. The molecule has 1 fully saturated rings. The first-order valence-electron chi connectivity index (χ1n) is 11.4. The Labute approximate surface area is 206 Å². The highest BCUT2D eigenvalue weighted by Gasteiger charge is 2.45. The summed E-state index contributed by atoms with van der Waals surface area (Å²) in [5.41, 5.74) is 0.866. The number of hydrogen-bond acceptors (Lipinski definition) is 8. The van der Waals surface area contributed by atoms with Gasteiger partial charge >= 0.3 is 17.9 Å². The molecule has 0 aliphatic carbocycles. The largest absolute Gasteiger partial charge is 0.459 e. The maximum absolute atomic E-state index is 12.5. The Kier molecular flexibility index (Phi) is 10.4. The second kappa shape index (κ2) is 13.0. The van der Waals surface area contributed by atoms with Crippen molar-refractivity contribution in [3.63, 3.8) is 0 Å². The molecule has 0 spiro atoms. The van der Waals surface area contributed by atoms with Crippen molar-refractivity contribution in [1.29, 1.82) is 0 Å². The van der Waals surface area contributed by atoms with E-state index in [1.165, 1.54) is 19.9 Å². The third kappa shape index (κ3) is 9.50. The molecule has 190 valence electrons. The van der Waals surface area contributed by atoms with Crippen LogP contribution in [-0.2, 0) is 38.1 Å². The SMILES string of the molecule is C=CC[C@@H](OC(=O)/C=C/c1ccccc1)[C@H]1OC(C)(C)O[C@@H]1/C=C/[C@@H](OC(C)=O)[C@H](C)OC(C)=O. The van der Waals surface area contributed by atoms with Crippen LogP contribution in [0.4, 0.5) is 0 Å². The van der Waals surface area contributed by atoms with Gasteiger partial charge in [-0.15, -0.1) is 6.58 Å². The first-order chi connectivity index (χ1) is 16.5. The van der Waals surface area contributed by atoms with Crippen LogP contribution in [0.15, 0.2) is 61.2 Å². The number of benzene rings is 1. The monoisotopic (exact) mass is 486 g/mol. The minimum absolute atomic E-state index is 0.330. The fourth-order valence-corrected chi connectivity index (χ4v) is 3.62. The second-order valence-corrected chi connectivity index (χ2v) is 8.58. The number of carbonyl (C=O) groups is 3. The normalized spacial score (nSPS) is 21.9. The summed E-state index contributed by atoms with van der Waals surface area (Å²) in [6.45, 7) is 11.4. The Balaban J connectivity index is 2.20. The summed E-state index contributed by atoms with van der Waals surface area (Å²) in [6, 6.07) is 9.39. The molecule has 0 N–H and O–H groups in total. The number of hydrogen-bond donors (Lipinski definition) is 0. The molecule has 1 aromatic rings. The van der Waals surface area contributed by atoms with Crippen molar-refractivity contribution in [3.8, 4) is 0 Å². The van der Waals surface area contributed by atoms with Crippen molar-refractivity contribution in [2.24, 2.45) is 0 Å². The standard InChI is InChI=1S/C27H34O8/c1-7-11-23(33-25(30)17-14-21-12-9-8-10-13-21)26-24(34-27(5,6)35-26)16-15-22(32-20(4)29)18(2)31-19(3)28/h7-10,12-18,22-24,26H,1,11H2,2-6H3/b16-15+,17-14+/t18-,22+,23+,24+,26+/m0/s1. The van der Waals surface area contributed by atoms with Crippen LogP contribution >= 0.6 is 0 Å². The van der Waals surface area contributed by atoms with Gasteiger partial charge in [0, 0.05) is 26.3 Å². The number of carbonyl (C=O) groups excluding carboxylic acids is 3. The van der Waals surface area contributed by atoms with Crippen LogP contribution in [0.25, 0.3) is 6.08 Å². The van der Waals surface area contributed by atoms with Gasteiger partial charge in [-0.25, -0.2) is 4.79 Å². The van der Waals surface area contributed by atoms with Gasteiger partial charge in [-0.05, 0) is 38.5 Å². The minimum Gasteiger partial charge on any atom is -0.459 e. The summed E-state index contributed by atoms with van der Waals surface area (Å²) < 4.78 is 28.2. The smallest absolute Gasteiger partial charge is 0.331 e. The highest BCUT2D eigenvalue weighted by molar-refractivity contribution is 5.87. The third-order valence-electron chi connectivity index (χ3n) is 5.01. The minimum atomic E-state index is -0.955. The molecule has 5 atom stereocenters. The van der Waals surface area contributed by atoms with Crippen LogP contribution in [0.5, 0.6) is 0 Å². The highest BCUT2D eigenvalue weighted by Crippen LogP contribution is 2.33. The fraction of sp³-hybridized carbons (Fsp3) is 0.444. The highest BCUT2D eigenvalue weighted by atomic mass is 16.8. The second-order valence-electron chi connectivity index (χ2n) is 8.58. The molecule has 8 heteroatoms. The van der Waals surface area contributed by atoms with Crippen LogP contribution in [0, 0.1) is 0 Å². The predicted molar refractivity (Wildman–Crippen MR) is 130 cm³/mol. The van der Waals surface area contributed by atoms with Gasteiger partial charge in [0.15, 0.2) is 11.9 Å². The maximum atomic E-state index is 12.5. The van der Waals surface area contributed by atoms with Crippen molar-refractivity contribution >= 4 is 24.0 Å². The van der Waals surface area contributed by atoms with E-state index in [-0.39, 0.29) is 0 Å². The van der Waals surface area contributed by atoms with Crippen LogP contribution < -0.4 is 0 Å². The van der Waals surface area contributed by atoms with Crippen molar-refractivity contribution in [1.82, 2.24) is 0 Å². The quantitative estimate of drug-likeness (QED) is 0.199. The first kappa shape index (κ1) is 28.0. The van der Waals surface area contributed by atoms with E-state index in [0.29, 0.717) is 6.42 Å². The van der Waals surface area contributed by atoms with Crippen LogP contribution in [0.2, 0.25) is 0 Å². The van der Waals surface area contributed by atoms with Crippen molar-refractivity contribution in [2.75, 3.05) is 0 Å². The molecule has 1 aromatic carbocycles. The van der Waals surface area contributed by atoms with Gasteiger partial charge in [-0.1, -0.05) is 42.5 Å². The molecule has 35 heavy (non-hydrogen) atoms. The van der Waals surface area contributed by atoms with Crippen LogP contribution in [0.3, 0.4) is 0 Å². The summed E-state index contributed by atoms with van der Waals surface area (Å²) >= 11 is 0. The molecule has 8 nitrogen and oxygen atoms in total. The van der Waals surface area contributed by atoms with E-state index in [9.17, 15) is 14.4 Å². The molecule has 2 rings (SSSR count). The van der Waals surface area contributed by atoms with E-state index in [1.807, 2.05) is 30.3 Å². The van der Waals surface area contributed by atoms with Gasteiger partial charge in [0.1, 0.15) is 24.4 Å². The number of rotatable bonds is 11. The van der Waals surface area contributed by atoms with E-state index < -0.39 is 54.2 Å². The Bertz CT molecular complexity index is 934. The van der Waals surface area contributed by atoms with Gasteiger partial charge in [0.25, 0.3) is 0 Å². The van der Waals surface area contributed by atoms with Crippen LogP contribution in [-0.4, -0.2) is 54.2 Å². The lowest BCUT2D eigenvalue weighted by atomic mass is 10.0. The molecule has 0 unspecified atom stereocenters. The van der Waals surface area contributed by atoms with Gasteiger partial charge < -0.3 is 23.7 Å². The number of ether oxygens (including phenoxy) is 5. The maximum Gasteiger partial charge on any atom is 0.331 e. The molecule has 0 saturated carbocycles.